The van der Waals surface area contributed by atoms with Gasteiger partial charge >= 0.3 is 0 Å². The molecule has 29 heavy (non-hydrogen) atoms. The van der Waals surface area contributed by atoms with E-state index in [2.05, 4.69) is 6.58 Å². The summed E-state index contributed by atoms with van der Waals surface area (Å²) in [6, 6.07) is 0. The molecule has 8 nitrogen and oxygen atoms in total. The Hall–Kier alpha value is -0.840. The van der Waals surface area contributed by atoms with E-state index in [1.165, 1.54) is 6.08 Å². The number of allylic oxidation sites excluding steroid dienone is 2. The van der Waals surface area contributed by atoms with Crippen LogP contribution in [-0.2, 0) is 9.47 Å². The van der Waals surface area contributed by atoms with E-state index in [4.69, 9.17) is 9.47 Å². The summed E-state index contributed by atoms with van der Waals surface area (Å²) >= 11 is 0. The van der Waals surface area contributed by atoms with E-state index in [9.17, 15) is 30.6 Å². The smallest absolute Gasteiger partial charge is 0.187 e. The van der Waals surface area contributed by atoms with Crippen molar-refractivity contribution in [2.24, 2.45) is 0 Å². The van der Waals surface area contributed by atoms with Crippen molar-refractivity contribution in [3.63, 3.8) is 0 Å². The van der Waals surface area contributed by atoms with Gasteiger partial charge in [-0.3, -0.25) is 0 Å². The highest BCUT2D eigenvalue weighted by molar-refractivity contribution is 5.02. The van der Waals surface area contributed by atoms with E-state index in [1.807, 2.05) is 13.0 Å². The maximum Gasteiger partial charge on any atom is 0.187 e. The molecule has 6 N–H and O–H groups in total. The fourth-order valence-corrected chi connectivity index (χ4v) is 3.07. The first-order chi connectivity index (χ1) is 13.3. The molecule has 0 aromatic rings. The van der Waals surface area contributed by atoms with Crippen molar-refractivity contribution in [3.05, 3.63) is 24.3 Å². The van der Waals surface area contributed by atoms with Crippen molar-refractivity contribution >= 4 is 0 Å². The Bertz CT molecular complexity index is 543. The average Bonchev–Trinajstić information content (AvgIpc) is 2.66. The van der Waals surface area contributed by atoms with Gasteiger partial charge in [-0.15, -0.1) is 6.58 Å². The molecule has 0 aromatic carbocycles. The van der Waals surface area contributed by atoms with Gasteiger partial charge in [-0.05, 0) is 53.4 Å². The van der Waals surface area contributed by atoms with Crippen LogP contribution in [0.4, 0.5) is 0 Å². The molecule has 1 aliphatic rings. The van der Waals surface area contributed by atoms with Gasteiger partial charge in [-0.1, -0.05) is 17.7 Å². The first kappa shape index (κ1) is 26.2. The highest BCUT2D eigenvalue weighted by Crippen LogP contribution is 2.29. The number of aliphatic hydroxyl groups is 6. The second-order valence-electron chi connectivity index (χ2n) is 8.62. The van der Waals surface area contributed by atoms with Crippen LogP contribution in [0.3, 0.4) is 0 Å². The molecule has 0 unspecified atom stereocenters. The Morgan fingerprint density at radius 1 is 1.17 bits per heavy atom. The Kier molecular flexibility index (Phi) is 9.91. The molecule has 1 fully saturated rings. The summed E-state index contributed by atoms with van der Waals surface area (Å²) < 4.78 is 11.1. The fraction of sp³-hybridized carbons (Fsp3) is 0.810. The van der Waals surface area contributed by atoms with E-state index in [0.717, 1.165) is 5.57 Å². The van der Waals surface area contributed by atoms with Crippen molar-refractivity contribution in [1.82, 2.24) is 0 Å². The summed E-state index contributed by atoms with van der Waals surface area (Å²) in [5, 5.41) is 59.6. The Labute approximate surface area is 173 Å². The zero-order valence-electron chi connectivity index (χ0n) is 17.9. The van der Waals surface area contributed by atoms with Crippen molar-refractivity contribution in [3.8, 4) is 0 Å². The van der Waals surface area contributed by atoms with E-state index in [0.29, 0.717) is 25.7 Å². The molecule has 170 valence electrons. The zero-order valence-corrected chi connectivity index (χ0v) is 17.9. The fourth-order valence-electron chi connectivity index (χ4n) is 3.07. The van der Waals surface area contributed by atoms with Gasteiger partial charge in [-0.2, -0.15) is 0 Å². The molecule has 7 atom stereocenters. The molecule has 8 heteroatoms. The molecule has 0 amide bonds. The predicted molar refractivity (Wildman–Crippen MR) is 108 cm³/mol. The second kappa shape index (κ2) is 11.0. The SMILES string of the molecule is C=C[C@@](C)(O)CC/C=C(\C)CC[C@H](O)C(C)(C)O[C@@H]1O[C@@H](CO)[C@@H](O)[C@H](O)[C@@H]1O. The summed E-state index contributed by atoms with van der Waals surface area (Å²) in [6.45, 7) is 9.98. The molecule has 1 rings (SSSR count). The molecule has 1 aliphatic heterocycles. The van der Waals surface area contributed by atoms with Gasteiger partial charge in [0.05, 0.1) is 23.9 Å². The number of hydrogen-bond donors (Lipinski definition) is 6. The van der Waals surface area contributed by atoms with Gasteiger partial charge in [0.1, 0.15) is 24.4 Å². The molecular formula is C21H38O8. The average molecular weight is 419 g/mol. The van der Waals surface area contributed by atoms with Gasteiger partial charge in [-0.25, -0.2) is 0 Å². The number of hydrogen-bond acceptors (Lipinski definition) is 8. The number of aliphatic hydroxyl groups excluding tert-OH is 5. The molecule has 0 radical (unpaired) electrons. The summed E-state index contributed by atoms with van der Waals surface area (Å²) in [7, 11) is 0. The largest absolute Gasteiger partial charge is 0.394 e. The molecule has 0 spiro atoms. The van der Waals surface area contributed by atoms with Gasteiger partial charge in [0, 0.05) is 0 Å². The van der Waals surface area contributed by atoms with E-state index in [1.54, 1.807) is 20.8 Å². The van der Waals surface area contributed by atoms with E-state index < -0.39 is 54.6 Å². The lowest BCUT2D eigenvalue weighted by Gasteiger charge is -2.43. The third-order valence-corrected chi connectivity index (χ3v) is 5.47. The van der Waals surface area contributed by atoms with Crippen LogP contribution in [-0.4, -0.2) is 85.3 Å². The first-order valence-corrected chi connectivity index (χ1v) is 10.0. The van der Waals surface area contributed by atoms with Gasteiger partial charge in [0.2, 0.25) is 0 Å². The minimum atomic E-state index is -1.53. The van der Waals surface area contributed by atoms with Crippen LogP contribution in [0.1, 0.15) is 53.4 Å². The lowest BCUT2D eigenvalue weighted by Crippen LogP contribution is -2.61. The molecule has 0 bridgehead atoms. The molecular weight excluding hydrogens is 380 g/mol. The minimum absolute atomic E-state index is 0.393. The second-order valence-corrected chi connectivity index (χ2v) is 8.62. The third-order valence-electron chi connectivity index (χ3n) is 5.47. The van der Waals surface area contributed by atoms with Crippen molar-refractivity contribution in [2.75, 3.05) is 6.61 Å². The van der Waals surface area contributed by atoms with Crippen LogP contribution in [0.2, 0.25) is 0 Å². The highest BCUT2D eigenvalue weighted by Gasteiger charge is 2.46. The van der Waals surface area contributed by atoms with Gasteiger partial charge < -0.3 is 40.1 Å². The summed E-state index contributed by atoms with van der Waals surface area (Å²) in [6.07, 6.45) is -1.99. The maximum atomic E-state index is 10.6. The first-order valence-electron chi connectivity index (χ1n) is 10.0. The Morgan fingerprint density at radius 3 is 2.34 bits per heavy atom. The van der Waals surface area contributed by atoms with E-state index in [-0.39, 0.29) is 0 Å². The topological polar surface area (TPSA) is 140 Å². The zero-order chi connectivity index (χ0) is 22.4. The van der Waals surface area contributed by atoms with Crippen LogP contribution in [0.25, 0.3) is 0 Å². The molecule has 0 saturated carbocycles. The summed E-state index contributed by atoms with van der Waals surface area (Å²) in [5.41, 5.74) is -0.953. The molecule has 0 aromatic heterocycles. The predicted octanol–water partition coefficient (Wildman–Crippen LogP) is 0.386. The van der Waals surface area contributed by atoms with Crippen molar-refractivity contribution in [2.45, 2.75) is 101 Å². The van der Waals surface area contributed by atoms with Gasteiger partial charge in [0.25, 0.3) is 0 Å². The van der Waals surface area contributed by atoms with Crippen LogP contribution >= 0.6 is 0 Å². The highest BCUT2D eigenvalue weighted by atomic mass is 16.7. The number of ether oxygens (including phenoxy) is 2. The van der Waals surface area contributed by atoms with Gasteiger partial charge in [0.15, 0.2) is 6.29 Å². The molecule has 0 aliphatic carbocycles. The van der Waals surface area contributed by atoms with Crippen LogP contribution in [0.15, 0.2) is 24.3 Å². The Morgan fingerprint density at radius 2 is 1.79 bits per heavy atom. The van der Waals surface area contributed by atoms with E-state index >= 15 is 0 Å². The van der Waals surface area contributed by atoms with Crippen molar-refractivity contribution < 1.29 is 40.1 Å². The van der Waals surface area contributed by atoms with Crippen molar-refractivity contribution in [1.29, 1.82) is 0 Å². The summed E-state index contributed by atoms with van der Waals surface area (Å²) in [5.74, 6) is 0. The minimum Gasteiger partial charge on any atom is -0.394 e. The van der Waals surface area contributed by atoms with Crippen LogP contribution < -0.4 is 0 Å². The standard InChI is InChI=1S/C21H38O8/c1-6-21(5,27)11-7-8-13(2)9-10-15(23)20(3,4)29-19-18(26)17(25)16(24)14(12-22)28-19/h6,8,14-19,22-27H,1,7,9-12H2,2-5H3/b13-8+/t14-,15-,16+,17-,18-,19-,21+/m0/s1. The lowest BCUT2D eigenvalue weighted by molar-refractivity contribution is -0.331. The maximum absolute atomic E-state index is 10.6. The quantitative estimate of drug-likeness (QED) is 0.265. The van der Waals surface area contributed by atoms with Crippen LogP contribution in [0, 0.1) is 0 Å². The van der Waals surface area contributed by atoms with Crippen LogP contribution in [0.5, 0.6) is 0 Å². The lowest BCUT2D eigenvalue weighted by atomic mass is 9.93. The Balaban J connectivity index is 2.59. The summed E-state index contributed by atoms with van der Waals surface area (Å²) in [4.78, 5) is 0. The monoisotopic (exact) mass is 418 g/mol. The normalized spacial score (nSPS) is 31.9. The molecule has 1 saturated heterocycles. The number of rotatable bonds is 11. The third kappa shape index (κ3) is 7.73. The molecule has 1 heterocycles.